The molecule has 0 aliphatic rings. The highest BCUT2D eigenvalue weighted by atomic mass is 16.6. The molecular formula is C11H17N5O3. The van der Waals surface area contributed by atoms with Crippen LogP contribution in [0, 0.1) is 10.1 Å². The molecule has 0 saturated carbocycles. The standard InChI is InChI=1S/C11H17N5O3/c1-15(2)6-5-13-11(17)9-7-8(16(18)19)3-4-10(9)14-12/h3-4,7,14H,5-6,12H2,1-2H3,(H,13,17). The largest absolute Gasteiger partial charge is 0.351 e. The number of nitro benzene ring substituents is 1. The number of nitro groups is 1. The Bertz CT molecular complexity index is 475. The minimum atomic E-state index is -0.559. The van der Waals surface area contributed by atoms with E-state index in [2.05, 4.69) is 10.7 Å². The second-order valence-corrected chi connectivity index (χ2v) is 4.19. The lowest BCUT2D eigenvalue weighted by molar-refractivity contribution is -0.384. The number of hydrazine groups is 1. The lowest BCUT2D eigenvalue weighted by atomic mass is 10.1. The molecular weight excluding hydrogens is 250 g/mol. The first kappa shape index (κ1) is 14.9. The molecule has 0 fully saturated rings. The van der Waals surface area contributed by atoms with Crippen LogP contribution in [0.5, 0.6) is 0 Å². The third kappa shape index (κ3) is 4.19. The van der Waals surface area contributed by atoms with E-state index in [1.165, 1.54) is 18.2 Å². The van der Waals surface area contributed by atoms with Crippen molar-refractivity contribution in [2.75, 3.05) is 32.6 Å². The van der Waals surface area contributed by atoms with Gasteiger partial charge in [-0.3, -0.25) is 20.8 Å². The fourth-order valence-corrected chi connectivity index (χ4v) is 1.45. The highest BCUT2D eigenvalue weighted by molar-refractivity contribution is 6.00. The van der Waals surface area contributed by atoms with Crippen molar-refractivity contribution in [3.8, 4) is 0 Å². The fraction of sp³-hybridized carbons (Fsp3) is 0.364. The molecule has 1 amide bonds. The highest BCUT2D eigenvalue weighted by Gasteiger charge is 2.16. The van der Waals surface area contributed by atoms with Crippen molar-refractivity contribution in [1.29, 1.82) is 0 Å². The number of anilines is 1. The number of carbonyl (C=O) groups excluding carboxylic acids is 1. The summed E-state index contributed by atoms with van der Waals surface area (Å²) >= 11 is 0. The van der Waals surface area contributed by atoms with Crippen molar-refractivity contribution in [2.24, 2.45) is 5.84 Å². The number of nitrogens with two attached hydrogens (primary N) is 1. The van der Waals surface area contributed by atoms with E-state index in [-0.39, 0.29) is 11.3 Å². The summed E-state index contributed by atoms with van der Waals surface area (Å²) in [7, 11) is 3.76. The molecule has 8 nitrogen and oxygen atoms in total. The van der Waals surface area contributed by atoms with Gasteiger partial charge in [0.25, 0.3) is 11.6 Å². The SMILES string of the molecule is CN(C)CCNC(=O)c1cc([N+](=O)[O-])ccc1NN. The Labute approximate surface area is 110 Å². The molecule has 4 N–H and O–H groups in total. The third-order valence-corrected chi connectivity index (χ3v) is 2.46. The van der Waals surface area contributed by atoms with Crippen molar-refractivity contribution in [2.45, 2.75) is 0 Å². The van der Waals surface area contributed by atoms with Crippen LogP contribution in [0.3, 0.4) is 0 Å². The molecule has 0 heterocycles. The molecule has 0 bridgehead atoms. The number of rotatable bonds is 6. The average molecular weight is 267 g/mol. The van der Waals surface area contributed by atoms with Gasteiger partial charge in [0.2, 0.25) is 0 Å². The number of carbonyl (C=O) groups is 1. The molecule has 19 heavy (non-hydrogen) atoms. The lowest BCUT2D eigenvalue weighted by Gasteiger charge is -2.12. The molecule has 1 rings (SSSR count). The normalized spacial score (nSPS) is 10.3. The Hall–Kier alpha value is -2.19. The first-order valence-electron chi connectivity index (χ1n) is 5.63. The summed E-state index contributed by atoms with van der Waals surface area (Å²) in [5.41, 5.74) is 2.68. The quantitative estimate of drug-likeness (QED) is 0.384. The molecule has 0 aromatic heterocycles. The first-order valence-corrected chi connectivity index (χ1v) is 5.63. The summed E-state index contributed by atoms with van der Waals surface area (Å²) in [4.78, 5) is 24.0. The van der Waals surface area contributed by atoms with E-state index in [1.54, 1.807) is 0 Å². The molecule has 0 atom stereocenters. The summed E-state index contributed by atoms with van der Waals surface area (Å²) < 4.78 is 0. The van der Waals surface area contributed by atoms with Gasteiger partial charge in [-0.15, -0.1) is 0 Å². The van der Waals surface area contributed by atoms with Gasteiger partial charge in [-0.1, -0.05) is 0 Å². The number of hydrogen-bond donors (Lipinski definition) is 3. The van der Waals surface area contributed by atoms with E-state index >= 15 is 0 Å². The van der Waals surface area contributed by atoms with Crippen molar-refractivity contribution in [3.63, 3.8) is 0 Å². The van der Waals surface area contributed by atoms with Crippen molar-refractivity contribution in [1.82, 2.24) is 10.2 Å². The van der Waals surface area contributed by atoms with Gasteiger partial charge < -0.3 is 15.6 Å². The predicted molar refractivity (Wildman–Crippen MR) is 71.8 cm³/mol. The van der Waals surface area contributed by atoms with Crippen molar-refractivity contribution in [3.05, 3.63) is 33.9 Å². The Balaban J connectivity index is 2.87. The van der Waals surface area contributed by atoms with E-state index in [0.29, 0.717) is 18.8 Å². The van der Waals surface area contributed by atoms with Crippen LogP contribution in [0.15, 0.2) is 18.2 Å². The Morgan fingerprint density at radius 1 is 1.47 bits per heavy atom. The van der Waals surface area contributed by atoms with E-state index < -0.39 is 10.8 Å². The van der Waals surface area contributed by atoms with Crippen LogP contribution in [0.25, 0.3) is 0 Å². The molecule has 0 saturated heterocycles. The van der Waals surface area contributed by atoms with E-state index in [9.17, 15) is 14.9 Å². The zero-order valence-corrected chi connectivity index (χ0v) is 10.8. The van der Waals surface area contributed by atoms with E-state index in [1.807, 2.05) is 19.0 Å². The number of benzene rings is 1. The van der Waals surface area contributed by atoms with Crippen molar-refractivity contribution >= 4 is 17.3 Å². The second-order valence-electron chi connectivity index (χ2n) is 4.19. The van der Waals surface area contributed by atoms with Crippen LogP contribution in [0.4, 0.5) is 11.4 Å². The summed E-state index contributed by atoms with van der Waals surface area (Å²) in [6, 6.07) is 3.88. The molecule has 8 heteroatoms. The monoisotopic (exact) mass is 267 g/mol. The maximum atomic E-state index is 11.9. The smallest absolute Gasteiger partial charge is 0.270 e. The van der Waals surface area contributed by atoms with Crippen LogP contribution in [-0.4, -0.2) is 42.9 Å². The Morgan fingerprint density at radius 3 is 2.68 bits per heavy atom. The summed E-state index contributed by atoms with van der Waals surface area (Å²) in [5, 5.41) is 13.4. The number of likely N-dealkylation sites (N-methyl/N-ethyl adjacent to an activating group) is 1. The highest BCUT2D eigenvalue weighted by Crippen LogP contribution is 2.21. The minimum absolute atomic E-state index is 0.149. The Kier molecular flexibility index (Phi) is 5.22. The van der Waals surface area contributed by atoms with Gasteiger partial charge >= 0.3 is 0 Å². The van der Waals surface area contributed by atoms with Gasteiger partial charge in [0.05, 0.1) is 16.2 Å². The zero-order valence-electron chi connectivity index (χ0n) is 10.8. The zero-order chi connectivity index (χ0) is 14.4. The predicted octanol–water partition coefficient (Wildman–Crippen LogP) is 0.172. The third-order valence-electron chi connectivity index (χ3n) is 2.46. The van der Waals surface area contributed by atoms with Crippen LogP contribution >= 0.6 is 0 Å². The summed E-state index contributed by atoms with van der Waals surface area (Å²) in [5.74, 6) is 4.88. The average Bonchev–Trinajstić information content (AvgIpc) is 2.37. The second kappa shape index (κ2) is 6.66. The number of non-ortho nitro benzene ring substituents is 1. The van der Waals surface area contributed by atoms with Crippen LogP contribution in [0.1, 0.15) is 10.4 Å². The number of amides is 1. The van der Waals surface area contributed by atoms with Crippen molar-refractivity contribution < 1.29 is 9.72 Å². The molecule has 1 aromatic carbocycles. The molecule has 0 radical (unpaired) electrons. The number of nitrogen functional groups attached to an aromatic ring is 1. The molecule has 1 aromatic rings. The van der Waals surface area contributed by atoms with E-state index in [4.69, 9.17) is 5.84 Å². The first-order chi connectivity index (χ1) is 8.95. The minimum Gasteiger partial charge on any atom is -0.351 e. The van der Waals surface area contributed by atoms with Gasteiger partial charge in [-0.2, -0.15) is 0 Å². The molecule has 0 aliphatic heterocycles. The van der Waals surface area contributed by atoms with Gasteiger partial charge in [0.1, 0.15) is 0 Å². The molecule has 0 spiro atoms. The molecule has 0 unspecified atom stereocenters. The van der Waals surface area contributed by atoms with Gasteiger partial charge in [0, 0.05) is 25.2 Å². The fourth-order valence-electron chi connectivity index (χ4n) is 1.45. The van der Waals surface area contributed by atoms with Crippen LogP contribution < -0.4 is 16.6 Å². The van der Waals surface area contributed by atoms with Gasteiger partial charge in [-0.25, -0.2) is 0 Å². The van der Waals surface area contributed by atoms with Gasteiger partial charge in [-0.05, 0) is 20.2 Å². The van der Waals surface area contributed by atoms with Crippen LogP contribution in [-0.2, 0) is 0 Å². The number of nitrogens with one attached hydrogen (secondary N) is 2. The molecule has 0 aliphatic carbocycles. The molecule has 104 valence electrons. The maximum absolute atomic E-state index is 11.9. The topological polar surface area (TPSA) is 114 Å². The summed E-state index contributed by atoms with van der Waals surface area (Å²) in [6.45, 7) is 1.12. The number of nitrogens with zero attached hydrogens (tertiary/aromatic N) is 2. The maximum Gasteiger partial charge on any atom is 0.270 e. The lowest BCUT2D eigenvalue weighted by Crippen LogP contribution is -2.32. The van der Waals surface area contributed by atoms with Gasteiger partial charge in [0.15, 0.2) is 0 Å². The number of hydrogen-bond acceptors (Lipinski definition) is 6. The van der Waals surface area contributed by atoms with E-state index in [0.717, 1.165) is 0 Å². The summed E-state index contributed by atoms with van der Waals surface area (Å²) in [6.07, 6.45) is 0. The van der Waals surface area contributed by atoms with Crippen LogP contribution in [0.2, 0.25) is 0 Å². The Morgan fingerprint density at radius 2 is 2.16 bits per heavy atom.